The fourth-order valence-electron chi connectivity index (χ4n) is 2.85. The monoisotopic (exact) mass is 378 g/mol. The number of amides is 1. The molecule has 1 aromatic carbocycles. The van der Waals surface area contributed by atoms with Crippen molar-refractivity contribution in [2.45, 2.75) is 32.0 Å². The molecule has 0 spiro atoms. The Morgan fingerprint density at radius 3 is 2.40 bits per heavy atom. The standard InChI is InChI=1S/C16H21F3N2O3S/c1-11(13-4-3-5-14(10-13)16(17,18)19)20-15(22)12-6-8-21(9-7-12)25(2,23)24/h3-5,10-12H,6-9H2,1-2H3,(H,20,22). The molecule has 1 aliphatic rings. The molecule has 1 heterocycles. The summed E-state index contributed by atoms with van der Waals surface area (Å²) in [5.41, 5.74) is -0.385. The van der Waals surface area contributed by atoms with E-state index in [9.17, 15) is 26.4 Å². The average Bonchev–Trinajstić information content (AvgIpc) is 2.53. The third-order valence-corrected chi connectivity index (χ3v) is 5.67. The van der Waals surface area contributed by atoms with E-state index in [4.69, 9.17) is 0 Å². The van der Waals surface area contributed by atoms with E-state index in [1.807, 2.05) is 0 Å². The van der Waals surface area contributed by atoms with Gasteiger partial charge in [-0.3, -0.25) is 4.79 Å². The summed E-state index contributed by atoms with van der Waals surface area (Å²) in [6.45, 7) is 2.17. The first-order valence-corrected chi connectivity index (χ1v) is 9.76. The van der Waals surface area contributed by atoms with Crippen LogP contribution in [0.25, 0.3) is 0 Å². The van der Waals surface area contributed by atoms with Crippen LogP contribution in [0.4, 0.5) is 13.2 Å². The van der Waals surface area contributed by atoms with Crippen LogP contribution in [0.3, 0.4) is 0 Å². The van der Waals surface area contributed by atoms with Crippen LogP contribution in [0, 0.1) is 5.92 Å². The Hall–Kier alpha value is -1.61. The molecule has 25 heavy (non-hydrogen) atoms. The van der Waals surface area contributed by atoms with Crippen molar-refractivity contribution >= 4 is 15.9 Å². The lowest BCUT2D eigenvalue weighted by Gasteiger charge is -2.30. The zero-order valence-electron chi connectivity index (χ0n) is 14.0. The summed E-state index contributed by atoms with van der Waals surface area (Å²) in [7, 11) is -3.26. The molecular weight excluding hydrogens is 357 g/mol. The lowest BCUT2D eigenvalue weighted by molar-refractivity contribution is -0.137. The summed E-state index contributed by atoms with van der Waals surface area (Å²) in [5, 5.41) is 2.72. The Labute approximate surface area is 145 Å². The minimum absolute atomic E-state index is 0.266. The molecule has 1 fully saturated rings. The maximum Gasteiger partial charge on any atom is 0.416 e. The highest BCUT2D eigenvalue weighted by Gasteiger charge is 2.32. The number of alkyl halides is 3. The smallest absolute Gasteiger partial charge is 0.349 e. The number of nitrogens with one attached hydrogen (secondary N) is 1. The van der Waals surface area contributed by atoms with Gasteiger partial charge >= 0.3 is 6.18 Å². The summed E-state index contributed by atoms with van der Waals surface area (Å²) < 4.78 is 62.6. The zero-order chi connectivity index (χ0) is 18.8. The van der Waals surface area contributed by atoms with Gasteiger partial charge in [0.1, 0.15) is 0 Å². The van der Waals surface area contributed by atoms with E-state index in [-0.39, 0.29) is 24.9 Å². The van der Waals surface area contributed by atoms with Crippen LogP contribution in [-0.2, 0) is 21.0 Å². The minimum atomic E-state index is -4.43. The van der Waals surface area contributed by atoms with Gasteiger partial charge in [-0.1, -0.05) is 12.1 Å². The van der Waals surface area contributed by atoms with Crippen molar-refractivity contribution in [3.05, 3.63) is 35.4 Å². The summed E-state index contributed by atoms with van der Waals surface area (Å²) in [5.74, 6) is -0.607. The minimum Gasteiger partial charge on any atom is -0.349 e. The van der Waals surface area contributed by atoms with Crippen molar-refractivity contribution in [2.24, 2.45) is 5.92 Å². The van der Waals surface area contributed by atoms with Crippen LogP contribution in [-0.4, -0.2) is 38.0 Å². The van der Waals surface area contributed by atoms with Gasteiger partial charge in [-0.25, -0.2) is 12.7 Å². The van der Waals surface area contributed by atoms with Crippen LogP contribution < -0.4 is 5.32 Å². The van der Waals surface area contributed by atoms with Crippen LogP contribution in [0.15, 0.2) is 24.3 Å². The second-order valence-corrected chi connectivity index (χ2v) is 8.27. The van der Waals surface area contributed by atoms with E-state index < -0.39 is 27.8 Å². The number of rotatable bonds is 4. The Balaban J connectivity index is 1.97. The van der Waals surface area contributed by atoms with E-state index in [0.29, 0.717) is 18.4 Å². The van der Waals surface area contributed by atoms with Crippen molar-refractivity contribution in [2.75, 3.05) is 19.3 Å². The molecule has 5 nitrogen and oxygen atoms in total. The first-order chi connectivity index (χ1) is 11.5. The van der Waals surface area contributed by atoms with Gasteiger partial charge in [-0.05, 0) is 37.5 Å². The molecule has 0 aliphatic carbocycles. The fourth-order valence-corrected chi connectivity index (χ4v) is 3.72. The first kappa shape index (κ1) is 19.7. The van der Waals surface area contributed by atoms with Gasteiger partial charge in [0.2, 0.25) is 15.9 Å². The lowest BCUT2D eigenvalue weighted by Crippen LogP contribution is -2.43. The molecule has 0 bridgehead atoms. The van der Waals surface area contributed by atoms with Crippen LogP contribution in [0.5, 0.6) is 0 Å². The van der Waals surface area contributed by atoms with Crippen LogP contribution >= 0.6 is 0 Å². The van der Waals surface area contributed by atoms with E-state index in [1.165, 1.54) is 16.4 Å². The van der Waals surface area contributed by atoms with Crippen molar-refractivity contribution < 1.29 is 26.4 Å². The van der Waals surface area contributed by atoms with Crippen molar-refractivity contribution in [1.29, 1.82) is 0 Å². The van der Waals surface area contributed by atoms with Crippen molar-refractivity contribution in [3.63, 3.8) is 0 Å². The summed E-state index contributed by atoms with van der Waals surface area (Å²) in [6, 6.07) is 4.29. The quantitative estimate of drug-likeness (QED) is 0.876. The number of carbonyl (C=O) groups is 1. The molecule has 1 amide bonds. The lowest BCUT2D eigenvalue weighted by atomic mass is 9.96. The predicted molar refractivity (Wildman–Crippen MR) is 87.1 cm³/mol. The molecule has 1 aliphatic heterocycles. The molecule has 1 atom stereocenters. The molecule has 0 radical (unpaired) electrons. The third kappa shape index (κ3) is 5.18. The Kier molecular flexibility index (Phi) is 5.78. The highest BCUT2D eigenvalue weighted by molar-refractivity contribution is 7.88. The molecular formula is C16H21F3N2O3S. The molecule has 2 rings (SSSR count). The van der Waals surface area contributed by atoms with E-state index >= 15 is 0 Å². The number of carbonyl (C=O) groups excluding carboxylic acids is 1. The van der Waals surface area contributed by atoms with Gasteiger partial charge in [0, 0.05) is 19.0 Å². The van der Waals surface area contributed by atoms with Gasteiger partial charge in [-0.2, -0.15) is 13.2 Å². The van der Waals surface area contributed by atoms with E-state index in [2.05, 4.69) is 5.32 Å². The van der Waals surface area contributed by atoms with E-state index in [0.717, 1.165) is 18.4 Å². The summed E-state index contributed by atoms with van der Waals surface area (Å²) in [6.07, 6.45) is -2.51. The number of sulfonamides is 1. The second-order valence-electron chi connectivity index (χ2n) is 6.29. The highest BCUT2D eigenvalue weighted by atomic mass is 32.2. The fraction of sp³-hybridized carbons (Fsp3) is 0.562. The molecule has 0 saturated carbocycles. The van der Waals surface area contributed by atoms with Crippen molar-refractivity contribution in [1.82, 2.24) is 9.62 Å². The predicted octanol–water partition coefficient (Wildman–Crippen LogP) is 2.55. The first-order valence-electron chi connectivity index (χ1n) is 7.91. The van der Waals surface area contributed by atoms with E-state index in [1.54, 1.807) is 6.92 Å². The average molecular weight is 378 g/mol. The Morgan fingerprint density at radius 2 is 1.88 bits per heavy atom. The highest BCUT2D eigenvalue weighted by Crippen LogP contribution is 2.31. The molecule has 1 unspecified atom stereocenters. The number of benzene rings is 1. The number of hydrogen-bond donors (Lipinski definition) is 1. The SMILES string of the molecule is CC(NC(=O)C1CCN(S(C)(=O)=O)CC1)c1cccc(C(F)(F)F)c1. The third-order valence-electron chi connectivity index (χ3n) is 4.37. The molecule has 1 saturated heterocycles. The van der Waals surface area contributed by atoms with Crippen molar-refractivity contribution in [3.8, 4) is 0 Å². The molecule has 140 valence electrons. The van der Waals surface area contributed by atoms with Gasteiger partial charge in [0.25, 0.3) is 0 Å². The largest absolute Gasteiger partial charge is 0.416 e. The van der Waals surface area contributed by atoms with Gasteiger partial charge < -0.3 is 5.32 Å². The normalized spacial score (nSPS) is 18.8. The zero-order valence-corrected chi connectivity index (χ0v) is 14.8. The van der Waals surface area contributed by atoms with Crippen LogP contribution in [0.2, 0.25) is 0 Å². The second kappa shape index (κ2) is 7.33. The molecule has 1 aromatic rings. The summed E-state index contributed by atoms with van der Waals surface area (Å²) in [4.78, 5) is 12.3. The van der Waals surface area contributed by atoms with Crippen LogP contribution in [0.1, 0.15) is 36.9 Å². The molecule has 9 heteroatoms. The molecule has 0 aromatic heterocycles. The summed E-state index contributed by atoms with van der Waals surface area (Å²) >= 11 is 0. The number of hydrogen-bond acceptors (Lipinski definition) is 3. The number of piperidine rings is 1. The van der Waals surface area contributed by atoms with Gasteiger partial charge in [0.05, 0.1) is 17.9 Å². The van der Waals surface area contributed by atoms with Gasteiger partial charge in [-0.15, -0.1) is 0 Å². The number of halogens is 3. The number of nitrogens with zero attached hydrogens (tertiary/aromatic N) is 1. The van der Waals surface area contributed by atoms with Gasteiger partial charge in [0.15, 0.2) is 0 Å². The Bertz CT molecular complexity index is 726. The maximum atomic E-state index is 12.8. The topological polar surface area (TPSA) is 66.5 Å². The Morgan fingerprint density at radius 1 is 1.28 bits per heavy atom. The maximum absolute atomic E-state index is 12.8. The molecule has 1 N–H and O–H groups in total.